The summed E-state index contributed by atoms with van der Waals surface area (Å²) in [6.07, 6.45) is 0.352. The van der Waals surface area contributed by atoms with Crippen LogP contribution in [0.15, 0.2) is 18.2 Å². The fraction of sp³-hybridized carbons (Fsp3) is 0.400. The molecule has 0 saturated carbocycles. The molecule has 0 aliphatic carbocycles. The topological polar surface area (TPSA) is 95.9 Å². The van der Waals surface area contributed by atoms with Crippen LogP contribution in [-0.4, -0.2) is 49.0 Å². The first-order valence-corrected chi connectivity index (χ1v) is 7.04. The molecule has 0 aromatic heterocycles. The van der Waals surface area contributed by atoms with E-state index in [1.807, 2.05) is 0 Å². The highest BCUT2D eigenvalue weighted by molar-refractivity contribution is 6.04. The molecule has 0 atom stereocenters. The molecule has 1 aliphatic heterocycles. The predicted molar refractivity (Wildman–Crippen MR) is 79.0 cm³/mol. The maximum Gasteiger partial charge on any atom is 0.265 e. The van der Waals surface area contributed by atoms with E-state index in [1.54, 1.807) is 25.1 Å². The van der Waals surface area contributed by atoms with Crippen LogP contribution in [-0.2, 0) is 9.59 Å². The molecule has 2 amide bonds. The second-order valence-corrected chi connectivity index (χ2v) is 4.80. The van der Waals surface area contributed by atoms with Gasteiger partial charge < -0.3 is 15.2 Å². The Hall–Kier alpha value is -2.41. The minimum atomic E-state index is -0.387. The lowest BCUT2D eigenvalue weighted by Gasteiger charge is -2.29. The van der Waals surface area contributed by atoms with Crippen LogP contribution in [0.3, 0.4) is 0 Å². The number of benzene rings is 1. The highest BCUT2D eigenvalue weighted by Gasteiger charge is 2.28. The van der Waals surface area contributed by atoms with Gasteiger partial charge in [-0.05, 0) is 18.2 Å². The summed E-state index contributed by atoms with van der Waals surface area (Å²) in [5.74, 6) is -0.331. The monoisotopic (exact) mass is 306 g/mol. The quantitative estimate of drug-likeness (QED) is 0.727. The number of rotatable bonds is 6. The molecule has 2 N–H and O–H groups in total. The number of nitrogens with zero attached hydrogens (tertiary/aromatic N) is 1. The number of ketones is 1. The number of amides is 2. The SMILES string of the molecule is CCC(=O)c1ccc2c(c1)N(CC(=O)NCCO)C(=O)CO2. The van der Waals surface area contributed by atoms with E-state index < -0.39 is 0 Å². The summed E-state index contributed by atoms with van der Waals surface area (Å²) in [5.41, 5.74) is 0.884. The van der Waals surface area contributed by atoms with Crippen molar-refractivity contribution in [1.29, 1.82) is 0 Å². The molecule has 0 saturated heterocycles. The average molecular weight is 306 g/mol. The third kappa shape index (κ3) is 3.43. The van der Waals surface area contributed by atoms with Crippen molar-refractivity contribution in [3.63, 3.8) is 0 Å². The number of aliphatic hydroxyl groups is 1. The summed E-state index contributed by atoms with van der Waals surface area (Å²) in [5, 5.41) is 11.2. The van der Waals surface area contributed by atoms with Crippen LogP contribution in [0.2, 0.25) is 0 Å². The van der Waals surface area contributed by atoms with Gasteiger partial charge >= 0.3 is 0 Å². The second kappa shape index (κ2) is 7.04. The Kier molecular flexibility index (Phi) is 5.11. The first kappa shape index (κ1) is 16.0. The molecule has 7 heteroatoms. The number of anilines is 1. The molecular formula is C15H18N2O5. The molecular weight excluding hydrogens is 288 g/mol. The molecule has 0 unspecified atom stereocenters. The molecule has 7 nitrogen and oxygen atoms in total. The van der Waals surface area contributed by atoms with Crippen molar-refractivity contribution in [2.24, 2.45) is 0 Å². The van der Waals surface area contributed by atoms with E-state index in [-0.39, 0.29) is 43.9 Å². The van der Waals surface area contributed by atoms with Gasteiger partial charge in [0, 0.05) is 18.5 Å². The third-order valence-electron chi connectivity index (χ3n) is 3.28. The van der Waals surface area contributed by atoms with E-state index in [0.29, 0.717) is 23.4 Å². The largest absolute Gasteiger partial charge is 0.482 e. The molecule has 2 rings (SSSR count). The standard InChI is InChI=1S/C15H18N2O5/c1-2-12(19)10-3-4-13-11(7-10)17(15(21)9-22-13)8-14(20)16-5-6-18/h3-4,7,18H,2,5-6,8-9H2,1H3,(H,16,20). The van der Waals surface area contributed by atoms with E-state index >= 15 is 0 Å². The fourth-order valence-electron chi connectivity index (χ4n) is 2.15. The molecule has 1 aromatic carbocycles. The van der Waals surface area contributed by atoms with Crippen LogP contribution < -0.4 is 15.0 Å². The van der Waals surface area contributed by atoms with Gasteiger partial charge in [0.2, 0.25) is 5.91 Å². The van der Waals surface area contributed by atoms with Gasteiger partial charge in [-0.15, -0.1) is 0 Å². The molecule has 22 heavy (non-hydrogen) atoms. The first-order valence-electron chi connectivity index (χ1n) is 7.04. The van der Waals surface area contributed by atoms with Gasteiger partial charge in [-0.1, -0.05) is 6.92 Å². The van der Waals surface area contributed by atoms with Crippen molar-refractivity contribution in [3.05, 3.63) is 23.8 Å². The lowest BCUT2D eigenvalue weighted by Crippen LogP contribution is -2.45. The summed E-state index contributed by atoms with van der Waals surface area (Å²) >= 11 is 0. The molecule has 1 heterocycles. The number of Topliss-reactive ketones (excluding diaryl/α,β-unsaturated/α-hetero) is 1. The number of carbonyl (C=O) groups excluding carboxylic acids is 3. The fourth-order valence-corrected chi connectivity index (χ4v) is 2.15. The van der Waals surface area contributed by atoms with Crippen molar-refractivity contribution in [2.45, 2.75) is 13.3 Å². The summed E-state index contributed by atoms with van der Waals surface area (Å²) in [7, 11) is 0. The Morgan fingerprint density at radius 1 is 1.41 bits per heavy atom. The summed E-state index contributed by atoms with van der Waals surface area (Å²) in [6, 6.07) is 4.84. The zero-order valence-electron chi connectivity index (χ0n) is 12.3. The van der Waals surface area contributed by atoms with E-state index in [9.17, 15) is 14.4 Å². The normalized spacial score (nSPS) is 13.4. The van der Waals surface area contributed by atoms with Crippen molar-refractivity contribution in [3.8, 4) is 5.75 Å². The van der Waals surface area contributed by atoms with Gasteiger partial charge in [-0.25, -0.2) is 0 Å². The first-order chi connectivity index (χ1) is 10.6. The summed E-state index contributed by atoms with van der Waals surface area (Å²) < 4.78 is 5.32. The van der Waals surface area contributed by atoms with Gasteiger partial charge in [0.25, 0.3) is 5.91 Å². The molecule has 0 radical (unpaired) electrons. The molecule has 0 spiro atoms. The van der Waals surface area contributed by atoms with Crippen LogP contribution >= 0.6 is 0 Å². The third-order valence-corrected chi connectivity index (χ3v) is 3.28. The number of hydrogen-bond donors (Lipinski definition) is 2. The van der Waals surface area contributed by atoms with E-state index in [2.05, 4.69) is 5.32 Å². The number of fused-ring (bicyclic) bond motifs is 1. The van der Waals surface area contributed by atoms with Gasteiger partial charge in [-0.3, -0.25) is 19.3 Å². The van der Waals surface area contributed by atoms with Crippen LogP contribution in [0.4, 0.5) is 5.69 Å². The van der Waals surface area contributed by atoms with Crippen molar-refractivity contribution >= 4 is 23.3 Å². The zero-order valence-corrected chi connectivity index (χ0v) is 12.3. The van der Waals surface area contributed by atoms with Gasteiger partial charge in [0.15, 0.2) is 12.4 Å². The van der Waals surface area contributed by atoms with Crippen LogP contribution in [0.5, 0.6) is 5.75 Å². The van der Waals surface area contributed by atoms with Crippen LogP contribution in [0.1, 0.15) is 23.7 Å². The molecule has 0 fully saturated rings. The summed E-state index contributed by atoms with van der Waals surface area (Å²) in [4.78, 5) is 36.9. The Labute approximate surface area is 127 Å². The summed E-state index contributed by atoms with van der Waals surface area (Å²) in [6.45, 7) is 1.37. The predicted octanol–water partition coefficient (Wildman–Crippen LogP) is 0.113. The van der Waals surface area contributed by atoms with E-state index in [1.165, 1.54) is 4.90 Å². The highest BCUT2D eigenvalue weighted by atomic mass is 16.5. The molecule has 1 aromatic rings. The lowest BCUT2D eigenvalue weighted by molar-refractivity contribution is -0.125. The second-order valence-electron chi connectivity index (χ2n) is 4.80. The van der Waals surface area contributed by atoms with Crippen LogP contribution in [0.25, 0.3) is 0 Å². The maximum absolute atomic E-state index is 12.0. The zero-order chi connectivity index (χ0) is 16.1. The number of carbonyl (C=O) groups is 3. The van der Waals surface area contributed by atoms with Gasteiger partial charge in [-0.2, -0.15) is 0 Å². The Bertz CT molecular complexity index is 600. The van der Waals surface area contributed by atoms with Crippen molar-refractivity contribution in [2.75, 3.05) is 31.2 Å². The van der Waals surface area contributed by atoms with E-state index in [0.717, 1.165) is 0 Å². The molecule has 118 valence electrons. The maximum atomic E-state index is 12.0. The average Bonchev–Trinajstić information content (AvgIpc) is 2.54. The Morgan fingerprint density at radius 2 is 2.18 bits per heavy atom. The number of aliphatic hydroxyl groups excluding tert-OH is 1. The number of ether oxygens (including phenoxy) is 1. The Morgan fingerprint density at radius 3 is 2.86 bits per heavy atom. The van der Waals surface area contributed by atoms with Crippen molar-refractivity contribution < 1.29 is 24.2 Å². The number of nitrogens with one attached hydrogen (secondary N) is 1. The smallest absolute Gasteiger partial charge is 0.265 e. The van der Waals surface area contributed by atoms with Crippen LogP contribution in [0, 0.1) is 0 Å². The van der Waals surface area contributed by atoms with Gasteiger partial charge in [0.05, 0.1) is 12.3 Å². The minimum absolute atomic E-state index is 0.0505. The van der Waals surface area contributed by atoms with E-state index in [4.69, 9.17) is 9.84 Å². The molecule has 1 aliphatic rings. The number of hydrogen-bond acceptors (Lipinski definition) is 5. The molecule has 0 bridgehead atoms. The van der Waals surface area contributed by atoms with Crippen molar-refractivity contribution in [1.82, 2.24) is 5.32 Å². The minimum Gasteiger partial charge on any atom is -0.482 e. The Balaban J connectivity index is 2.26. The lowest BCUT2D eigenvalue weighted by atomic mass is 10.1. The van der Waals surface area contributed by atoms with Gasteiger partial charge in [0.1, 0.15) is 12.3 Å². The highest BCUT2D eigenvalue weighted by Crippen LogP contribution is 2.33.